The van der Waals surface area contributed by atoms with E-state index >= 15 is 0 Å². The zero-order chi connectivity index (χ0) is 12.5. The fourth-order valence-electron chi connectivity index (χ4n) is 2.95. The second-order valence-corrected chi connectivity index (χ2v) is 4.99. The SMILES string of the molecule is CCCN1CCC=C2c3cc(O)ccc3OCC21.Cl. The molecule has 2 aliphatic heterocycles. The predicted octanol–water partition coefficient (Wildman–Crippen LogP) is 3.07. The first-order valence-electron chi connectivity index (χ1n) is 6.70. The van der Waals surface area contributed by atoms with Gasteiger partial charge in [-0.1, -0.05) is 13.0 Å². The summed E-state index contributed by atoms with van der Waals surface area (Å²) in [5.41, 5.74) is 2.39. The fourth-order valence-corrected chi connectivity index (χ4v) is 2.95. The molecule has 4 heteroatoms. The van der Waals surface area contributed by atoms with Crippen LogP contribution in [0.3, 0.4) is 0 Å². The van der Waals surface area contributed by atoms with E-state index in [4.69, 9.17) is 4.74 Å². The summed E-state index contributed by atoms with van der Waals surface area (Å²) >= 11 is 0. The van der Waals surface area contributed by atoms with E-state index in [-0.39, 0.29) is 12.4 Å². The van der Waals surface area contributed by atoms with Crippen molar-refractivity contribution in [3.63, 3.8) is 0 Å². The Balaban J connectivity index is 0.00000133. The Labute approximate surface area is 120 Å². The van der Waals surface area contributed by atoms with E-state index in [0.717, 1.165) is 43.9 Å². The van der Waals surface area contributed by atoms with Crippen LogP contribution in [-0.2, 0) is 0 Å². The molecule has 0 amide bonds. The maximum atomic E-state index is 9.65. The number of nitrogens with zero attached hydrogens (tertiary/aromatic N) is 1. The highest BCUT2D eigenvalue weighted by Gasteiger charge is 2.31. The van der Waals surface area contributed by atoms with Crippen molar-refractivity contribution in [1.29, 1.82) is 0 Å². The van der Waals surface area contributed by atoms with Gasteiger partial charge in [0.05, 0.1) is 6.04 Å². The van der Waals surface area contributed by atoms with E-state index in [0.29, 0.717) is 11.8 Å². The first-order valence-corrected chi connectivity index (χ1v) is 6.70. The van der Waals surface area contributed by atoms with Gasteiger partial charge in [0, 0.05) is 12.1 Å². The summed E-state index contributed by atoms with van der Waals surface area (Å²) in [6.45, 7) is 5.16. The van der Waals surface area contributed by atoms with Crippen LogP contribution in [0.2, 0.25) is 0 Å². The highest BCUT2D eigenvalue weighted by molar-refractivity contribution is 5.85. The summed E-state index contributed by atoms with van der Waals surface area (Å²) in [4.78, 5) is 2.49. The van der Waals surface area contributed by atoms with E-state index in [1.165, 1.54) is 5.57 Å². The fraction of sp³-hybridized carbons (Fsp3) is 0.467. The monoisotopic (exact) mass is 281 g/mol. The van der Waals surface area contributed by atoms with Crippen LogP contribution in [0.4, 0.5) is 0 Å². The van der Waals surface area contributed by atoms with Crippen LogP contribution in [0.25, 0.3) is 5.57 Å². The maximum Gasteiger partial charge on any atom is 0.127 e. The Morgan fingerprint density at radius 2 is 2.26 bits per heavy atom. The van der Waals surface area contributed by atoms with Gasteiger partial charge in [0.15, 0.2) is 0 Å². The lowest BCUT2D eigenvalue weighted by atomic mass is 9.90. The van der Waals surface area contributed by atoms with Crippen molar-refractivity contribution in [3.05, 3.63) is 29.8 Å². The minimum atomic E-state index is 0. The molecule has 1 atom stereocenters. The normalized spacial score (nSPS) is 21.5. The van der Waals surface area contributed by atoms with Gasteiger partial charge in [-0.25, -0.2) is 0 Å². The number of aromatic hydroxyl groups is 1. The summed E-state index contributed by atoms with van der Waals surface area (Å²) in [5, 5.41) is 9.65. The van der Waals surface area contributed by atoms with Gasteiger partial charge in [-0.2, -0.15) is 0 Å². The maximum absolute atomic E-state index is 9.65. The second-order valence-electron chi connectivity index (χ2n) is 4.99. The lowest BCUT2D eigenvalue weighted by Crippen LogP contribution is -2.45. The molecule has 2 heterocycles. The molecule has 19 heavy (non-hydrogen) atoms. The van der Waals surface area contributed by atoms with Crippen LogP contribution in [0.1, 0.15) is 25.3 Å². The molecule has 0 radical (unpaired) electrons. The Morgan fingerprint density at radius 3 is 3.05 bits per heavy atom. The van der Waals surface area contributed by atoms with Gasteiger partial charge in [-0.05, 0) is 43.2 Å². The average molecular weight is 282 g/mol. The quantitative estimate of drug-likeness (QED) is 0.904. The van der Waals surface area contributed by atoms with Gasteiger partial charge in [-0.3, -0.25) is 4.90 Å². The lowest BCUT2D eigenvalue weighted by molar-refractivity contribution is 0.157. The summed E-state index contributed by atoms with van der Waals surface area (Å²) in [6, 6.07) is 5.73. The standard InChI is InChI=1S/C15H19NO2.ClH/c1-2-7-16-8-3-4-12-13-9-11(17)5-6-15(13)18-10-14(12)16;/h4-6,9,14,17H,2-3,7-8,10H2,1H3;1H. The molecule has 2 aliphatic rings. The highest BCUT2D eigenvalue weighted by atomic mass is 35.5. The number of halogens is 1. The van der Waals surface area contributed by atoms with Crippen molar-refractivity contribution in [2.45, 2.75) is 25.8 Å². The van der Waals surface area contributed by atoms with Gasteiger partial charge >= 0.3 is 0 Å². The van der Waals surface area contributed by atoms with Crippen LogP contribution in [0, 0.1) is 0 Å². The van der Waals surface area contributed by atoms with E-state index in [2.05, 4.69) is 17.9 Å². The largest absolute Gasteiger partial charge is 0.508 e. The third-order valence-corrected chi connectivity index (χ3v) is 3.76. The molecule has 3 rings (SSSR count). The molecular formula is C15H20ClNO2. The summed E-state index contributed by atoms with van der Waals surface area (Å²) < 4.78 is 5.83. The van der Waals surface area contributed by atoms with Crippen molar-refractivity contribution < 1.29 is 9.84 Å². The smallest absolute Gasteiger partial charge is 0.127 e. The van der Waals surface area contributed by atoms with Crippen LogP contribution in [0.15, 0.2) is 24.3 Å². The van der Waals surface area contributed by atoms with Crippen molar-refractivity contribution >= 4 is 18.0 Å². The number of ether oxygens (including phenoxy) is 1. The minimum Gasteiger partial charge on any atom is -0.508 e. The van der Waals surface area contributed by atoms with E-state index in [1.54, 1.807) is 6.07 Å². The van der Waals surface area contributed by atoms with Crippen molar-refractivity contribution in [2.75, 3.05) is 19.7 Å². The van der Waals surface area contributed by atoms with Crippen molar-refractivity contribution in [1.82, 2.24) is 4.90 Å². The minimum absolute atomic E-state index is 0. The summed E-state index contributed by atoms with van der Waals surface area (Å²) in [6.07, 6.45) is 4.55. The Bertz CT molecular complexity index is 487. The molecule has 0 aliphatic carbocycles. The van der Waals surface area contributed by atoms with Crippen LogP contribution < -0.4 is 4.74 Å². The van der Waals surface area contributed by atoms with E-state index in [9.17, 15) is 5.11 Å². The number of phenolic OH excluding ortho intramolecular Hbond substituents is 1. The lowest BCUT2D eigenvalue weighted by Gasteiger charge is -2.39. The van der Waals surface area contributed by atoms with E-state index < -0.39 is 0 Å². The van der Waals surface area contributed by atoms with Gasteiger partial charge in [-0.15, -0.1) is 12.4 Å². The van der Waals surface area contributed by atoms with Crippen molar-refractivity contribution in [2.24, 2.45) is 0 Å². The molecule has 0 saturated heterocycles. The Morgan fingerprint density at radius 1 is 1.42 bits per heavy atom. The second kappa shape index (κ2) is 5.85. The van der Waals surface area contributed by atoms with Crippen LogP contribution in [-0.4, -0.2) is 35.7 Å². The molecule has 0 fully saturated rings. The molecule has 1 unspecified atom stereocenters. The topological polar surface area (TPSA) is 32.7 Å². The zero-order valence-electron chi connectivity index (χ0n) is 11.1. The highest BCUT2D eigenvalue weighted by Crippen LogP contribution is 2.39. The molecule has 1 aromatic carbocycles. The van der Waals surface area contributed by atoms with Gasteiger partial charge in [0.1, 0.15) is 18.1 Å². The molecule has 104 valence electrons. The average Bonchev–Trinajstić information content (AvgIpc) is 2.39. The summed E-state index contributed by atoms with van der Waals surface area (Å²) in [7, 11) is 0. The van der Waals surface area contributed by atoms with Crippen LogP contribution >= 0.6 is 12.4 Å². The molecule has 0 bridgehead atoms. The number of benzene rings is 1. The van der Waals surface area contributed by atoms with Gasteiger partial charge in [0.25, 0.3) is 0 Å². The first-order chi connectivity index (χ1) is 8.79. The van der Waals surface area contributed by atoms with E-state index in [1.807, 2.05) is 12.1 Å². The Kier molecular flexibility index (Phi) is 4.38. The third-order valence-electron chi connectivity index (χ3n) is 3.76. The molecule has 3 nitrogen and oxygen atoms in total. The van der Waals surface area contributed by atoms with Crippen LogP contribution in [0.5, 0.6) is 11.5 Å². The third kappa shape index (κ3) is 2.58. The number of phenols is 1. The number of hydrogen-bond donors (Lipinski definition) is 1. The molecule has 0 spiro atoms. The van der Waals surface area contributed by atoms with Gasteiger partial charge < -0.3 is 9.84 Å². The molecule has 0 aromatic heterocycles. The number of hydrogen-bond acceptors (Lipinski definition) is 3. The van der Waals surface area contributed by atoms with Crippen molar-refractivity contribution in [3.8, 4) is 11.5 Å². The molecule has 1 N–H and O–H groups in total. The predicted molar refractivity (Wildman–Crippen MR) is 79.1 cm³/mol. The number of rotatable bonds is 2. The first kappa shape index (κ1) is 14.2. The Hall–Kier alpha value is -1.19. The van der Waals surface area contributed by atoms with Gasteiger partial charge in [0.2, 0.25) is 0 Å². The number of fused-ring (bicyclic) bond motifs is 3. The zero-order valence-corrected chi connectivity index (χ0v) is 11.9. The molecule has 0 saturated carbocycles. The summed E-state index contributed by atoms with van der Waals surface area (Å²) in [5.74, 6) is 1.21. The molecule has 1 aromatic rings. The molecular weight excluding hydrogens is 262 g/mol.